The number of nitrogen functional groups attached to an aromatic ring is 1. The zero-order chi connectivity index (χ0) is 9.84. The highest BCUT2D eigenvalue weighted by molar-refractivity contribution is 5.97. The van der Waals surface area contributed by atoms with Crippen LogP contribution >= 0.6 is 0 Å². The third-order valence-electron chi connectivity index (χ3n) is 1.42. The van der Waals surface area contributed by atoms with Gasteiger partial charge in [-0.25, -0.2) is 4.79 Å². The number of aromatic nitrogens is 2. The molecule has 0 aliphatic rings. The summed E-state index contributed by atoms with van der Waals surface area (Å²) in [7, 11) is 0. The van der Waals surface area contributed by atoms with Crippen LogP contribution in [0.25, 0.3) is 0 Å². The molecule has 0 atom stereocenters. The van der Waals surface area contributed by atoms with E-state index < -0.39 is 5.97 Å². The third kappa shape index (κ3) is 1.66. The Balaban J connectivity index is 2.95. The van der Waals surface area contributed by atoms with E-state index in [1.165, 1.54) is 0 Å². The third-order valence-corrected chi connectivity index (χ3v) is 1.42. The van der Waals surface area contributed by atoms with E-state index in [1.54, 1.807) is 6.92 Å². The second kappa shape index (κ2) is 3.70. The van der Waals surface area contributed by atoms with Crippen LogP contribution in [0.5, 0.6) is 0 Å². The predicted octanol–water partition coefficient (Wildman–Crippen LogP) is -0.0189. The molecule has 1 rings (SSSR count). The van der Waals surface area contributed by atoms with Crippen molar-refractivity contribution in [3.05, 3.63) is 11.4 Å². The number of aldehydes is 1. The molecule has 0 aliphatic heterocycles. The number of hydrogen-bond acceptors (Lipinski definition) is 5. The van der Waals surface area contributed by atoms with Gasteiger partial charge in [0.05, 0.1) is 12.3 Å². The molecule has 0 radical (unpaired) electrons. The Bertz CT molecular complexity index is 332. The molecule has 0 saturated heterocycles. The molecule has 70 valence electrons. The van der Waals surface area contributed by atoms with Crippen molar-refractivity contribution >= 4 is 17.9 Å². The van der Waals surface area contributed by atoms with Gasteiger partial charge in [-0.3, -0.25) is 9.89 Å². The summed E-state index contributed by atoms with van der Waals surface area (Å²) >= 11 is 0. The van der Waals surface area contributed by atoms with Gasteiger partial charge in [0.25, 0.3) is 0 Å². The lowest BCUT2D eigenvalue weighted by Crippen LogP contribution is -2.07. The highest BCUT2D eigenvalue weighted by Gasteiger charge is 2.17. The largest absolute Gasteiger partial charge is 0.461 e. The Kier molecular flexibility index (Phi) is 2.63. The van der Waals surface area contributed by atoms with Crippen molar-refractivity contribution in [2.75, 3.05) is 12.3 Å². The Morgan fingerprint density at radius 3 is 2.92 bits per heavy atom. The summed E-state index contributed by atoms with van der Waals surface area (Å²) in [5, 5.41) is 5.87. The van der Waals surface area contributed by atoms with Gasteiger partial charge >= 0.3 is 5.97 Å². The molecule has 0 spiro atoms. The molecule has 1 aromatic heterocycles. The molecule has 0 amide bonds. The summed E-state index contributed by atoms with van der Waals surface area (Å²) in [6.07, 6.45) is 0.491. The van der Waals surface area contributed by atoms with Crippen LogP contribution in [0.3, 0.4) is 0 Å². The van der Waals surface area contributed by atoms with E-state index in [0.29, 0.717) is 6.29 Å². The topological polar surface area (TPSA) is 98.1 Å². The molecule has 0 unspecified atom stereocenters. The number of esters is 1. The number of rotatable bonds is 3. The SMILES string of the molecule is CCOC(=O)c1n[nH]c(C=O)c1N. The fourth-order valence-electron chi connectivity index (χ4n) is 0.809. The maximum absolute atomic E-state index is 11.1. The molecule has 0 saturated carbocycles. The first-order valence-corrected chi connectivity index (χ1v) is 3.66. The van der Waals surface area contributed by atoms with Crippen molar-refractivity contribution in [3.63, 3.8) is 0 Å². The fraction of sp³-hybridized carbons (Fsp3) is 0.286. The number of nitrogens with two attached hydrogens (primary N) is 1. The molecule has 0 bridgehead atoms. The average Bonchev–Trinajstić information content (AvgIpc) is 2.47. The molecule has 6 heteroatoms. The Labute approximate surface area is 74.1 Å². The van der Waals surface area contributed by atoms with E-state index in [4.69, 9.17) is 5.73 Å². The van der Waals surface area contributed by atoms with Crippen LogP contribution in [0.4, 0.5) is 5.69 Å². The molecule has 3 N–H and O–H groups in total. The molecule has 0 aromatic carbocycles. The first-order chi connectivity index (χ1) is 6.20. The van der Waals surface area contributed by atoms with Gasteiger partial charge in [-0.2, -0.15) is 5.10 Å². The lowest BCUT2D eigenvalue weighted by Gasteiger charge is -1.97. The smallest absolute Gasteiger partial charge is 0.361 e. The number of nitrogens with zero attached hydrogens (tertiary/aromatic N) is 1. The number of carbonyl (C=O) groups excluding carboxylic acids is 2. The van der Waals surface area contributed by atoms with Gasteiger partial charge in [0.2, 0.25) is 0 Å². The van der Waals surface area contributed by atoms with Crippen LogP contribution in [-0.2, 0) is 4.74 Å². The summed E-state index contributed by atoms with van der Waals surface area (Å²) in [5.41, 5.74) is 5.48. The van der Waals surface area contributed by atoms with Crippen molar-refractivity contribution in [1.82, 2.24) is 10.2 Å². The van der Waals surface area contributed by atoms with E-state index >= 15 is 0 Å². The number of aromatic amines is 1. The summed E-state index contributed by atoms with van der Waals surface area (Å²) < 4.78 is 4.65. The van der Waals surface area contributed by atoms with Crippen molar-refractivity contribution in [1.29, 1.82) is 0 Å². The van der Waals surface area contributed by atoms with E-state index in [9.17, 15) is 9.59 Å². The number of ether oxygens (including phenoxy) is 1. The normalized spacial score (nSPS) is 9.62. The van der Waals surface area contributed by atoms with Gasteiger partial charge in [-0.15, -0.1) is 0 Å². The van der Waals surface area contributed by atoms with Gasteiger partial charge in [0.15, 0.2) is 12.0 Å². The van der Waals surface area contributed by atoms with Crippen molar-refractivity contribution in [2.24, 2.45) is 0 Å². The highest BCUT2D eigenvalue weighted by atomic mass is 16.5. The van der Waals surface area contributed by atoms with Crippen molar-refractivity contribution in [3.8, 4) is 0 Å². The standard InChI is InChI=1S/C7H9N3O3/c1-2-13-7(12)6-5(8)4(3-11)9-10-6/h3H,2,8H2,1H3,(H,9,10). The zero-order valence-corrected chi connectivity index (χ0v) is 7.03. The van der Waals surface area contributed by atoms with Crippen LogP contribution < -0.4 is 5.73 Å². The quantitative estimate of drug-likeness (QED) is 0.507. The van der Waals surface area contributed by atoms with Gasteiger partial charge in [-0.05, 0) is 6.92 Å². The monoisotopic (exact) mass is 183 g/mol. The maximum Gasteiger partial charge on any atom is 0.361 e. The van der Waals surface area contributed by atoms with Gasteiger partial charge in [0, 0.05) is 0 Å². The van der Waals surface area contributed by atoms with E-state index in [0.717, 1.165) is 0 Å². The second-order valence-electron chi connectivity index (χ2n) is 2.24. The lowest BCUT2D eigenvalue weighted by molar-refractivity contribution is 0.0520. The van der Waals surface area contributed by atoms with Crippen molar-refractivity contribution < 1.29 is 14.3 Å². The second-order valence-corrected chi connectivity index (χ2v) is 2.24. The number of nitrogens with one attached hydrogen (secondary N) is 1. The van der Waals surface area contributed by atoms with Crippen molar-refractivity contribution in [2.45, 2.75) is 6.92 Å². The zero-order valence-electron chi connectivity index (χ0n) is 7.03. The number of H-pyrrole nitrogens is 1. The fourth-order valence-corrected chi connectivity index (χ4v) is 0.809. The minimum absolute atomic E-state index is 0.0217. The van der Waals surface area contributed by atoms with Crippen LogP contribution in [-0.4, -0.2) is 29.1 Å². The van der Waals surface area contributed by atoms with Crippen LogP contribution in [0.15, 0.2) is 0 Å². The van der Waals surface area contributed by atoms with E-state index in [2.05, 4.69) is 14.9 Å². The maximum atomic E-state index is 11.1. The molecule has 0 aliphatic carbocycles. The predicted molar refractivity (Wildman–Crippen MR) is 44.3 cm³/mol. The molecule has 0 fully saturated rings. The van der Waals surface area contributed by atoms with Crippen LogP contribution in [0, 0.1) is 0 Å². The number of carbonyl (C=O) groups is 2. The van der Waals surface area contributed by atoms with Crippen LogP contribution in [0.1, 0.15) is 27.9 Å². The molecular weight excluding hydrogens is 174 g/mol. The van der Waals surface area contributed by atoms with Gasteiger partial charge in [0.1, 0.15) is 5.69 Å². The van der Waals surface area contributed by atoms with E-state index in [1.807, 2.05) is 0 Å². The van der Waals surface area contributed by atoms with Gasteiger partial charge < -0.3 is 10.5 Å². The minimum Gasteiger partial charge on any atom is -0.461 e. The summed E-state index contributed by atoms with van der Waals surface area (Å²) in [4.78, 5) is 21.4. The first-order valence-electron chi connectivity index (χ1n) is 3.66. The number of anilines is 1. The van der Waals surface area contributed by atoms with E-state index in [-0.39, 0.29) is 23.7 Å². The minimum atomic E-state index is -0.635. The van der Waals surface area contributed by atoms with Gasteiger partial charge in [-0.1, -0.05) is 0 Å². The first kappa shape index (κ1) is 9.24. The summed E-state index contributed by atoms with van der Waals surface area (Å²) in [6, 6.07) is 0. The Hall–Kier alpha value is -1.85. The van der Waals surface area contributed by atoms with Crippen LogP contribution in [0.2, 0.25) is 0 Å². The summed E-state index contributed by atoms with van der Waals surface area (Å²) in [5.74, 6) is -0.635. The Morgan fingerprint density at radius 1 is 1.77 bits per heavy atom. The lowest BCUT2D eigenvalue weighted by atomic mass is 10.3. The molecule has 1 heterocycles. The highest BCUT2D eigenvalue weighted by Crippen LogP contribution is 2.12. The molecule has 6 nitrogen and oxygen atoms in total. The molecular formula is C7H9N3O3. The molecule has 13 heavy (non-hydrogen) atoms. The molecule has 1 aromatic rings. The summed E-state index contributed by atoms with van der Waals surface area (Å²) in [6.45, 7) is 1.91. The number of hydrogen-bond donors (Lipinski definition) is 2. The Morgan fingerprint density at radius 2 is 2.46 bits per heavy atom. The average molecular weight is 183 g/mol.